The standard InChI is InChI=1S/C13H20N2O3S/c14-13-3-1-12(2-4-13)10-19(17,18)15-7-5-11(9-16)6-8-15/h1-4,11,16H,5-10,14H2. The highest BCUT2D eigenvalue weighted by molar-refractivity contribution is 7.88. The fourth-order valence-corrected chi connectivity index (χ4v) is 3.85. The Hall–Kier alpha value is -1.11. The molecule has 3 N–H and O–H groups in total. The van der Waals surface area contributed by atoms with Gasteiger partial charge >= 0.3 is 0 Å². The predicted octanol–water partition coefficient (Wildman–Crippen LogP) is 0.803. The van der Waals surface area contributed by atoms with Gasteiger partial charge < -0.3 is 10.8 Å². The van der Waals surface area contributed by atoms with Gasteiger partial charge in [-0.3, -0.25) is 0 Å². The topological polar surface area (TPSA) is 83.6 Å². The van der Waals surface area contributed by atoms with Crippen molar-refractivity contribution >= 4 is 15.7 Å². The molecule has 5 nitrogen and oxygen atoms in total. The van der Waals surface area contributed by atoms with Crippen LogP contribution in [0, 0.1) is 5.92 Å². The van der Waals surface area contributed by atoms with Crippen molar-refractivity contribution in [3.8, 4) is 0 Å². The summed E-state index contributed by atoms with van der Waals surface area (Å²) in [6.07, 6.45) is 1.47. The zero-order valence-corrected chi connectivity index (χ0v) is 11.6. The van der Waals surface area contributed by atoms with Crippen molar-refractivity contribution < 1.29 is 13.5 Å². The highest BCUT2D eigenvalue weighted by Crippen LogP contribution is 2.21. The molecular weight excluding hydrogens is 264 g/mol. The van der Waals surface area contributed by atoms with Gasteiger partial charge in [0.25, 0.3) is 0 Å². The molecule has 1 aliphatic rings. The van der Waals surface area contributed by atoms with E-state index >= 15 is 0 Å². The largest absolute Gasteiger partial charge is 0.399 e. The Morgan fingerprint density at radius 1 is 1.21 bits per heavy atom. The molecule has 6 heteroatoms. The van der Waals surface area contributed by atoms with Gasteiger partial charge in [-0.05, 0) is 36.5 Å². The lowest BCUT2D eigenvalue weighted by Gasteiger charge is -2.30. The highest BCUT2D eigenvalue weighted by atomic mass is 32.2. The number of nitrogens with two attached hydrogens (primary N) is 1. The third kappa shape index (κ3) is 3.68. The lowest BCUT2D eigenvalue weighted by atomic mass is 10.00. The van der Waals surface area contributed by atoms with Crippen LogP contribution in [0.1, 0.15) is 18.4 Å². The van der Waals surface area contributed by atoms with Gasteiger partial charge in [-0.1, -0.05) is 12.1 Å². The van der Waals surface area contributed by atoms with Gasteiger partial charge in [0, 0.05) is 25.4 Å². The molecule has 0 amide bonds. The van der Waals surface area contributed by atoms with E-state index in [1.165, 1.54) is 4.31 Å². The van der Waals surface area contributed by atoms with E-state index in [1.54, 1.807) is 24.3 Å². The average Bonchev–Trinajstić information content (AvgIpc) is 2.41. The second-order valence-electron chi connectivity index (χ2n) is 5.02. The number of nitrogen functional groups attached to an aromatic ring is 1. The van der Waals surface area contributed by atoms with Crippen LogP contribution in [0.5, 0.6) is 0 Å². The number of benzene rings is 1. The fourth-order valence-electron chi connectivity index (χ4n) is 2.29. The molecule has 106 valence electrons. The quantitative estimate of drug-likeness (QED) is 0.801. The first-order valence-corrected chi connectivity index (χ1v) is 8.05. The van der Waals surface area contributed by atoms with Crippen LogP contribution in [0.3, 0.4) is 0 Å². The third-order valence-corrected chi connectivity index (χ3v) is 5.40. The maximum Gasteiger partial charge on any atom is 0.218 e. The van der Waals surface area contributed by atoms with Crippen molar-refractivity contribution in [2.45, 2.75) is 18.6 Å². The SMILES string of the molecule is Nc1ccc(CS(=O)(=O)N2CCC(CO)CC2)cc1. The Morgan fingerprint density at radius 2 is 1.79 bits per heavy atom. The molecule has 1 aromatic carbocycles. The van der Waals surface area contributed by atoms with E-state index < -0.39 is 10.0 Å². The Morgan fingerprint density at radius 3 is 2.32 bits per heavy atom. The van der Waals surface area contributed by atoms with Crippen LogP contribution in [-0.4, -0.2) is 37.5 Å². The summed E-state index contributed by atoms with van der Waals surface area (Å²) in [7, 11) is -3.27. The molecule has 1 aromatic rings. The summed E-state index contributed by atoms with van der Waals surface area (Å²) in [5.41, 5.74) is 6.96. The molecular formula is C13H20N2O3S. The van der Waals surface area contributed by atoms with E-state index in [2.05, 4.69) is 0 Å². The number of piperidine rings is 1. The van der Waals surface area contributed by atoms with Gasteiger partial charge in [-0.2, -0.15) is 0 Å². The maximum absolute atomic E-state index is 12.3. The molecule has 1 fully saturated rings. The van der Waals surface area contributed by atoms with E-state index in [-0.39, 0.29) is 18.3 Å². The number of aliphatic hydroxyl groups is 1. The average molecular weight is 284 g/mol. The zero-order valence-electron chi connectivity index (χ0n) is 10.8. The smallest absolute Gasteiger partial charge is 0.218 e. The number of hydrogen-bond donors (Lipinski definition) is 2. The predicted molar refractivity (Wildman–Crippen MR) is 74.9 cm³/mol. The van der Waals surface area contributed by atoms with Crippen molar-refractivity contribution in [3.63, 3.8) is 0 Å². The summed E-state index contributed by atoms with van der Waals surface area (Å²) in [5, 5.41) is 9.06. The second-order valence-corrected chi connectivity index (χ2v) is 6.99. The second kappa shape index (κ2) is 5.90. The van der Waals surface area contributed by atoms with E-state index in [4.69, 9.17) is 10.8 Å². The number of sulfonamides is 1. The van der Waals surface area contributed by atoms with Crippen LogP contribution in [0.25, 0.3) is 0 Å². The van der Waals surface area contributed by atoms with Crippen LogP contribution in [0.4, 0.5) is 5.69 Å². The Balaban J connectivity index is 2.01. The molecule has 0 unspecified atom stereocenters. The number of hydrogen-bond acceptors (Lipinski definition) is 4. The number of nitrogens with zero attached hydrogens (tertiary/aromatic N) is 1. The first-order valence-electron chi connectivity index (χ1n) is 6.44. The van der Waals surface area contributed by atoms with Crippen molar-refractivity contribution in [3.05, 3.63) is 29.8 Å². The fraction of sp³-hybridized carbons (Fsp3) is 0.538. The maximum atomic E-state index is 12.3. The van der Waals surface area contributed by atoms with Gasteiger partial charge in [0.2, 0.25) is 10.0 Å². The molecule has 0 atom stereocenters. The molecule has 1 saturated heterocycles. The van der Waals surface area contributed by atoms with Gasteiger partial charge in [0.1, 0.15) is 0 Å². The van der Waals surface area contributed by atoms with Crippen LogP contribution in [0.2, 0.25) is 0 Å². The molecule has 0 saturated carbocycles. The number of rotatable bonds is 4. The molecule has 1 aliphatic heterocycles. The number of anilines is 1. The molecule has 0 spiro atoms. The van der Waals surface area contributed by atoms with Gasteiger partial charge in [0.15, 0.2) is 0 Å². The molecule has 1 heterocycles. The first kappa shape index (κ1) is 14.3. The monoisotopic (exact) mass is 284 g/mol. The minimum absolute atomic E-state index is 0.0110. The Labute approximate surface area is 114 Å². The van der Waals surface area contributed by atoms with Crippen LogP contribution >= 0.6 is 0 Å². The summed E-state index contributed by atoms with van der Waals surface area (Å²) < 4.78 is 26.1. The Kier molecular flexibility index (Phi) is 4.44. The van der Waals surface area contributed by atoms with E-state index in [9.17, 15) is 8.42 Å². The van der Waals surface area contributed by atoms with Gasteiger partial charge in [0.05, 0.1) is 5.75 Å². The minimum Gasteiger partial charge on any atom is -0.399 e. The van der Waals surface area contributed by atoms with Crippen molar-refractivity contribution in [1.82, 2.24) is 4.31 Å². The summed E-state index contributed by atoms with van der Waals surface area (Å²) >= 11 is 0. The molecule has 2 rings (SSSR count). The summed E-state index contributed by atoms with van der Waals surface area (Å²) in [4.78, 5) is 0. The van der Waals surface area contributed by atoms with E-state index in [0.29, 0.717) is 18.8 Å². The summed E-state index contributed by atoms with van der Waals surface area (Å²) in [6.45, 7) is 1.15. The summed E-state index contributed by atoms with van der Waals surface area (Å²) in [6, 6.07) is 6.91. The van der Waals surface area contributed by atoms with Crippen molar-refractivity contribution in [2.75, 3.05) is 25.4 Å². The lowest BCUT2D eigenvalue weighted by molar-refractivity contribution is 0.170. The molecule has 0 aromatic heterocycles. The molecule has 0 radical (unpaired) electrons. The molecule has 0 aliphatic carbocycles. The molecule has 19 heavy (non-hydrogen) atoms. The minimum atomic E-state index is -3.27. The van der Waals surface area contributed by atoms with Crippen molar-refractivity contribution in [1.29, 1.82) is 0 Å². The lowest BCUT2D eigenvalue weighted by Crippen LogP contribution is -2.39. The van der Waals surface area contributed by atoms with E-state index in [0.717, 1.165) is 18.4 Å². The Bertz CT molecular complexity index is 505. The molecule has 0 bridgehead atoms. The van der Waals surface area contributed by atoms with Gasteiger partial charge in [-0.15, -0.1) is 0 Å². The summed E-state index contributed by atoms with van der Waals surface area (Å²) in [5.74, 6) is 0.250. The van der Waals surface area contributed by atoms with Crippen molar-refractivity contribution in [2.24, 2.45) is 5.92 Å². The first-order chi connectivity index (χ1) is 9.01. The third-order valence-electron chi connectivity index (χ3n) is 3.55. The normalized spacial score (nSPS) is 18.6. The van der Waals surface area contributed by atoms with Gasteiger partial charge in [-0.25, -0.2) is 12.7 Å². The van der Waals surface area contributed by atoms with Crippen LogP contribution in [-0.2, 0) is 15.8 Å². The number of aliphatic hydroxyl groups excluding tert-OH is 1. The van der Waals surface area contributed by atoms with Crippen LogP contribution in [0.15, 0.2) is 24.3 Å². The zero-order chi connectivity index (χ0) is 13.9. The highest BCUT2D eigenvalue weighted by Gasteiger charge is 2.27. The van der Waals surface area contributed by atoms with Crippen LogP contribution < -0.4 is 5.73 Å². The van der Waals surface area contributed by atoms with E-state index in [1.807, 2.05) is 0 Å².